The number of alkyl halides is 3. The van der Waals surface area contributed by atoms with Crippen molar-refractivity contribution < 1.29 is 32.6 Å². The minimum absolute atomic E-state index is 0.0875. The Morgan fingerprint density at radius 1 is 0.947 bits per heavy atom. The van der Waals surface area contributed by atoms with Gasteiger partial charge in [-0.25, -0.2) is 0 Å². The molecule has 0 spiro atoms. The SMILES string of the molecule is CC(C)C(O)(C(=O)N1CCC(C2CCN(c3ccc(C(=O)N4CCOCC4)c(Cl)c3)CC2)CC1)C(F)(F)F. The molecule has 1 N–H and O–H groups in total. The van der Waals surface area contributed by atoms with Crippen LogP contribution in [0.4, 0.5) is 18.9 Å². The Kier molecular flexibility index (Phi) is 8.84. The molecule has 1 unspecified atom stereocenters. The van der Waals surface area contributed by atoms with Crippen LogP contribution in [0.3, 0.4) is 0 Å². The van der Waals surface area contributed by atoms with E-state index in [2.05, 4.69) is 4.90 Å². The molecule has 0 aromatic heterocycles. The summed E-state index contributed by atoms with van der Waals surface area (Å²) in [5.41, 5.74) is -1.90. The smallest absolute Gasteiger partial charge is 0.378 e. The van der Waals surface area contributed by atoms with Gasteiger partial charge in [-0.05, 0) is 55.7 Å². The molecule has 3 aliphatic heterocycles. The van der Waals surface area contributed by atoms with Gasteiger partial charge >= 0.3 is 6.18 Å². The summed E-state index contributed by atoms with van der Waals surface area (Å²) in [6.07, 6.45) is -1.88. The van der Waals surface area contributed by atoms with E-state index in [-0.39, 0.29) is 19.0 Å². The summed E-state index contributed by atoms with van der Waals surface area (Å²) >= 11 is 6.51. The van der Waals surface area contributed by atoms with Gasteiger partial charge in [0.05, 0.1) is 23.8 Å². The number of nitrogens with zero attached hydrogens (tertiary/aromatic N) is 3. The Balaban J connectivity index is 1.30. The predicted octanol–water partition coefficient (Wildman–Crippen LogP) is 4.22. The number of hydrogen-bond acceptors (Lipinski definition) is 5. The maximum absolute atomic E-state index is 13.5. The molecule has 7 nitrogen and oxygen atoms in total. The highest BCUT2D eigenvalue weighted by Gasteiger charge is 2.62. The van der Waals surface area contributed by atoms with E-state index >= 15 is 0 Å². The van der Waals surface area contributed by atoms with Crippen LogP contribution in [-0.4, -0.2) is 91.0 Å². The Hall–Kier alpha value is -2.04. The molecular formula is C27H37ClF3N3O4. The van der Waals surface area contributed by atoms with Crippen LogP contribution in [0.25, 0.3) is 0 Å². The molecule has 11 heteroatoms. The normalized spacial score (nSPS) is 22.1. The van der Waals surface area contributed by atoms with E-state index in [1.54, 1.807) is 11.0 Å². The first-order valence-corrected chi connectivity index (χ1v) is 13.8. The number of carbonyl (C=O) groups excluding carboxylic acids is 2. The fourth-order valence-corrected chi connectivity index (χ4v) is 6.21. The summed E-state index contributed by atoms with van der Waals surface area (Å²) < 4.78 is 45.9. The van der Waals surface area contributed by atoms with Gasteiger partial charge in [-0.1, -0.05) is 25.4 Å². The highest BCUT2D eigenvalue weighted by atomic mass is 35.5. The van der Waals surface area contributed by atoms with Crippen LogP contribution in [0.2, 0.25) is 5.02 Å². The van der Waals surface area contributed by atoms with Gasteiger partial charge in [-0.3, -0.25) is 9.59 Å². The van der Waals surface area contributed by atoms with Crippen molar-refractivity contribution in [3.63, 3.8) is 0 Å². The number of halogens is 4. The third-order valence-corrected chi connectivity index (χ3v) is 8.79. The van der Waals surface area contributed by atoms with E-state index in [4.69, 9.17) is 16.3 Å². The Labute approximate surface area is 226 Å². The lowest BCUT2D eigenvalue weighted by Gasteiger charge is -2.43. The number of likely N-dealkylation sites (tertiary alicyclic amines) is 1. The summed E-state index contributed by atoms with van der Waals surface area (Å²) in [6.45, 7) is 6.68. The third-order valence-electron chi connectivity index (χ3n) is 8.47. The predicted molar refractivity (Wildman–Crippen MR) is 138 cm³/mol. The summed E-state index contributed by atoms with van der Waals surface area (Å²) in [4.78, 5) is 30.7. The molecule has 0 saturated carbocycles. The average molecular weight is 560 g/mol. The van der Waals surface area contributed by atoms with Crippen molar-refractivity contribution in [1.29, 1.82) is 0 Å². The van der Waals surface area contributed by atoms with E-state index in [1.165, 1.54) is 18.7 Å². The number of aliphatic hydroxyl groups is 1. The molecule has 1 atom stereocenters. The molecule has 0 bridgehead atoms. The molecule has 3 saturated heterocycles. The van der Waals surface area contributed by atoms with Crippen LogP contribution in [0.15, 0.2) is 18.2 Å². The molecule has 3 fully saturated rings. The highest BCUT2D eigenvalue weighted by Crippen LogP contribution is 2.40. The van der Waals surface area contributed by atoms with Crippen LogP contribution < -0.4 is 4.90 Å². The first-order valence-electron chi connectivity index (χ1n) is 13.4. The summed E-state index contributed by atoms with van der Waals surface area (Å²) in [5.74, 6) is -1.84. The van der Waals surface area contributed by atoms with Crippen LogP contribution in [-0.2, 0) is 9.53 Å². The van der Waals surface area contributed by atoms with Crippen molar-refractivity contribution >= 4 is 29.1 Å². The molecule has 38 heavy (non-hydrogen) atoms. The Morgan fingerprint density at radius 2 is 1.50 bits per heavy atom. The quantitative estimate of drug-likeness (QED) is 0.585. The van der Waals surface area contributed by atoms with E-state index in [0.29, 0.717) is 61.6 Å². The lowest BCUT2D eigenvalue weighted by Crippen LogP contribution is -2.62. The number of hydrogen-bond donors (Lipinski definition) is 1. The zero-order valence-corrected chi connectivity index (χ0v) is 22.7. The van der Waals surface area contributed by atoms with Crippen molar-refractivity contribution in [3.8, 4) is 0 Å². The maximum atomic E-state index is 13.5. The van der Waals surface area contributed by atoms with Crippen LogP contribution in [0.1, 0.15) is 49.9 Å². The molecular weight excluding hydrogens is 523 g/mol. The first-order chi connectivity index (χ1) is 17.9. The van der Waals surface area contributed by atoms with Crippen molar-refractivity contribution in [2.45, 2.75) is 51.3 Å². The number of piperidine rings is 2. The average Bonchev–Trinajstić information content (AvgIpc) is 2.91. The van der Waals surface area contributed by atoms with Gasteiger partial charge in [0.15, 0.2) is 0 Å². The third kappa shape index (κ3) is 5.77. The summed E-state index contributed by atoms with van der Waals surface area (Å²) in [7, 11) is 0. The zero-order valence-electron chi connectivity index (χ0n) is 22.0. The molecule has 1 aromatic rings. The van der Waals surface area contributed by atoms with Crippen molar-refractivity contribution in [2.75, 3.05) is 57.4 Å². The molecule has 3 aliphatic rings. The molecule has 4 rings (SSSR count). The van der Waals surface area contributed by atoms with Crippen LogP contribution in [0.5, 0.6) is 0 Å². The molecule has 3 heterocycles. The zero-order chi connectivity index (χ0) is 27.7. The monoisotopic (exact) mass is 559 g/mol. The van der Waals surface area contributed by atoms with Gasteiger partial charge in [0.25, 0.3) is 11.8 Å². The van der Waals surface area contributed by atoms with Crippen molar-refractivity contribution in [3.05, 3.63) is 28.8 Å². The molecule has 0 aliphatic carbocycles. The molecule has 212 valence electrons. The molecule has 1 aromatic carbocycles. The van der Waals surface area contributed by atoms with Gasteiger partial charge in [0, 0.05) is 50.9 Å². The Morgan fingerprint density at radius 3 is 2.00 bits per heavy atom. The summed E-state index contributed by atoms with van der Waals surface area (Å²) in [6, 6.07) is 5.56. The number of rotatable bonds is 5. The van der Waals surface area contributed by atoms with Crippen LogP contribution in [0, 0.1) is 17.8 Å². The van der Waals surface area contributed by atoms with Crippen LogP contribution >= 0.6 is 11.6 Å². The lowest BCUT2D eigenvalue weighted by molar-refractivity contribution is -0.270. The second-order valence-electron chi connectivity index (χ2n) is 10.9. The fourth-order valence-electron chi connectivity index (χ4n) is 5.95. The van der Waals surface area contributed by atoms with Crippen molar-refractivity contribution in [1.82, 2.24) is 9.80 Å². The minimum atomic E-state index is -5.02. The first kappa shape index (κ1) is 29.0. The van der Waals surface area contributed by atoms with Gasteiger partial charge in [0.2, 0.25) is 5.60 Å². The molecule has 0 radical (unpaired) electrons. The Bertz CT molecular complexity index is 1000. The molecule has 2 amide bonds. The number of morpholine rings is 1. The lowest BCUT2D eigenvalue weighted by atomic mass is 9.78. The number of carbonyl (C=O) groups is 2. The second kappa shape index (κ2) is 11.6. The van der Waals surface area contributed by atoms with E-state index in [1.807, 2.05) is 12.1 Å². The second-order valence-corrected chi connectivity index (χ2v) is 11.3. The van der Waals surface area contributed by atoms with Gasteiger partial charge in [-0.2, -0.15) is 13.2 Å². The highest BCUT2D eigenvalue weighted by molar-refractivity contribution is 6.34. The topological polar surface area (TPSA) is 73.3 Å². The van der Waals surface area contributed by atoms with Gasteiger partial charge < -0.3 is 24.5 Å². The van der Waals surface area contributed by atoms with E-state index in [9.17, 15) is 27.9 Å². The van der Waals surface area contributed by atoms with E-state index < -0.39 is 23.6 Å². The van der Waals surface area contributed by atoms with Crippen molar-refractivity contribution in [2.24, 2.45) is 17.8 Å². The number of benzene rings is 1. The summed E-state index contributed by atoms with van der Waals surface area (Å²) in [5, 5.41) is 10.7. The maximum Gasteiger partial charge on any atom is 0.426 e. The van der Waals surface area contributed by atoms with Gasteiger partial charge in [-0.15, -0.1) is 0 Å². The minimum Gasteiger partial charge on any atom is -0.378 e. The fraction of sp³-hybridized carbons (Fsp3) is 0.704. The standard InChI is InChI=1S/C27H37ClF3N3O4/c1-18(2)26(37,27(29,30)31)25(36)34-11-7-20(8-12-34)19-5-9-32(10-6-19)21-3-4-22(23(28)17-21)24(35)33-13-15-38-16-14-33/h3-4,17-20,37H,5-16H2,1-2H3. The number of amides is 2. The largest absolute Gasteiger partial charge is 0.426 e. The number of ether oxygens (including phenoxy) is 1. The van der Waals surface area contributed by atoms with E-state index in [0.717, 1.165) is 31.6 Å². The number of anilines is 1. The van der Waals surface area contributed by atoms with Gasteiger partial charge in [0.1, 0.15) is 0 Å².